The van der Waals surface area contributed by atoms with Crippen LogP contribution < -0.4 is 9.64 Å². The molecule has 1 aromatic heterocycles. The number of carbonyl (C=O) groups is 1. The Morgan fingerprint density at radius 2 is 2.13 bits per heavy atom. The summed E-state index contributed by atoms with van der Waals surface area (Å²) in [5.74, 6) is 0.672. The third kappa shape index (κ3) is 5.25. The maximum absolute atomic E-state index is 13.6. The standard InChI is InChI=1S/C25H30N2O3S/c1-3-4-5-14-29-20-11-7-10-19(16-20)24(28)27(17-21-12-8-15-30-21)25-26-23-18(2)9-6-13-22(23)31-25/h6-7,9-11,13,16,21H,3-5,8,12,14-15,17H2,1-2H3. The first-order chi connectivity index (χ1) is 15.2. The minimum Gasteiger partial charge on any atom is -0.494 e. The number of amides is 1. The molecule has 2 heterocycles. The predicted octanol–water partition coefficient (Wildman–Crippen LogP) is 6.00. The molecule has 1 atom stereocenters. The van der Waals surface area contributed by atoms with E-state index in [1.165, 1.54) is 0 Å². The number of ether oxygens (including phenoxy) is 2. The van der Waals surface area contributed by atoms with Crippen LogP contribution in [-0.2, 0) is 4.74 Å². The lowest BCUT2D eigenvalue weighted by Crippen LogP contribution is -2.37. The minimum atomic E-state index is -0.0637. The van der Waals surface area contributed by atoms with Crippen molar-refractivity contribution in [3.05, 3.63) is 53.6 Å². The number of aromatic nitrogens is 1. The summed E-state index contributed by atoms with van der Waals surface area (Å²) in [5, 5.41) is 0.721. The third-order valence-corrected chi connectivity index (χ3v) is 6.64. The van der Waals surface area contributed by atoms with Crippen LogP contribution in [0.25, 0.3) is 10.2 Å². The highest BCUT2D eigenvalue weighted by Crippen LogP contribution is 2.32. The van der Waals surface area contributed by atoms with Gasteiger partial charge < -0.3 is 9.47 Å². The number of aryl methyl sites for hydroxylation is 1. The van der Waals surface area contributed by atoms with Gasteiger partial charge in [0, 0.05) is 12.2 Å². The quantitative estimate of drug-likeness (QED) is 0.385. The number of hydrogen-bond acceptors (Lipinski definition) is 5. The van der Waals surface area contributed by atoms with Crippen LogP contribution in [0.5, 0.6) is 5.75 Å². The third-order valence-electron chi connectivity index (χ3n) is 5.59. The zero-order valence-corrected chi connectivity index (χ0v) is 19.1. The van der Waals surface area contributed by atoms with Gasteiger partial charge in [-0.25, -0.2) is 4.98 Å². The molecule has 0 saturated carbocycles. The number of rotatable bonds is 9. The normalized spacial score (nSPS) is 16.0. The highest BCUT2D eigenvalue weighted by Gasteiger charge is 2.27. The van der Waals surface area contributed by atoms with E-state index in [2.05, 4.69) is 26.0 Å². The summed E-state index contributed by atoms with van der Waals surface area (Å²) < 4.78 is 12.8. The summed E-state index contributed by atoms with van der Waals surface area (Å²) in [6, 6.07) is 13.6. The molecule has 0 radical (unpaired) electrons. The number of anilines is 1. The lowest BCUT2D eigenvalue weighted by atomic mass is 10.1. The van der Waals surface area contributed by atoms with Crippen molar-refractivity contribution in [1.29, 1.82) is 0 Å². The van der Waals surface area contributed by atoms with Crippen molar-refractivity contribution >= 4 is 32.6 Å². The average Bonchev–Trinajstić information content (AvgIpc) is 3.45. The molecule has 0 spiro atoms. The van der Waals surface area contributed by atoms with Gasteiger partial charge in [-0.3, -0.25) is 9.69 Å². The lowest BCUT2D eigenvalue weighted by Gasteiger charge is -2.23. The van der Waals surface area contributed by atoms with Crippen molar-refractivity contribution in [2.24, 2.45) is 0 Å². The number of unbranched alkanes of at least 4 members (excludes halogenated alkanes) is 2. The highest BCUT2D eigenvalue weighted by atomic mass is 32.1. The molecule has 1 fully saturated rings. The zero-order valence-electron chi connectivity index (χ0n) is 18.3. The summed E-state index contributed by atoms with van der Waals surface area (Å²) in [4.78, 5) is 20.2. The molecule has 164 valence electrons. The van der Waals surface area contributed by atoms with Gasteiger partial charge in [-0.1, -0.05) is 49.3 Å². The van der Waals surface area contributed by atoms with Crippen LogP contribution in [0.4, 0.5) is 5.13 Å². The van der Waals surface area contributed by atoms with Gasteiger partial charge in [0.05, 0.1) is 29.5 Å². The molecule has 3 aromatic rings. The van der Waals surface area contributed by atoms with Crippen molar-refractivity contribution in [1.82, 2.24) is 4.98 Å². The Morgan fingerprint density at radius 1 is 1.26 bits per heavy atom. The molecular weight excluding hydrogens is 408 g/mol. The van der Waals surface area contributed by atoms with Crippen molar-refractivity contribution in [2.45, 2.75) is 52.1 Å². The van der Waals surface area contributed by atoms with Gasteiger partial charge in [0.25, 0.3) is 5.91 Å². The van der Waals surface area contributed by atoms with Gasteiger partial charge >= 0.3 is 0 Å². The van der Waals surface area contributed by atoms with Gasteiger partial charge in [-0.15, -0.1) is 0 Å². The van der Waals surface area contributed by atoms with Crippen molar-refractivity contribution < 1.29 is 14.3 Å². The van der Waals surface area contributed by atoms with Crippen molar-refractivity contribution in [3.8, 4) is 5.75 Å². The summed E-state index contributed by atoms with van der Waals surface area (Å²) in [7, 11) is 0. The van der Waals surface area contributed by atoms with Gasteiger partial charge in [0.15, 0.2) is 5.13 Å². The molecule has 2 aromatic carbocycles. The summed E-state index contributed by atoms with van der Waals surface area (Å²) >= 11 is 1.56. The Kier molecular flexibility index (Phi) is 7.20. The van der Waals surface area contributed by atoms with E-state index in [1.54, 1.807) is 16.2 Å². The molecule has 0 aliphatic carbocycles. The molecular formula is C25H30N2O3S. The van der Waals surface area contributed by atoms with Crippen LogP contribution in [0, 0.1) is 6.92 Å². The van der Waals surface area contributed by atoms with Crippen LogP contribution in [0.3, 0.4) is 0 Å². The number of thiazole rings is 1. The number of hydrogen-bond donors (Lipinski definition) is 0. The van der Waals surface area contributed by atoms with E-state index >= 15 is 0 Å². The smallest absolute Gasteiger partial charge is 0.260 e. The van der Waals surface area contributed by atoms with Crippen LogP contribution in [0.15, 0.2) is 42.5 Å². The maximum Gasteiger partial charge on any atom is 0.260 e. The van der Waals surface area contributed by atoms with E-state index in [-0.39, 0.29) is 12.0 Å². The predicted molar refractivity (Wildman–Crippen MR) is 126 cm³/mol. The van der Waals surface area contributed by atoms with Gasteiger partial charge in [0.2, 0.25) is 0 Å². The van der Waals surface area contributed by atoms with Crippen molar-refractivity contribution in [3.63, 3.8) is 0 Å². The Bertz CT molecular complexity index is 1030. The Morgan fingerprint density at radius 3 is 2.90 bits per heavy atom. The molecule has 5 nitrogen and oxygen atoms in total. The minimum absolute atomic E-state index is 0.0468. The summed E-state index contributed by atoms with van der Waals surface area (Å²) in [6.45, 7) is 6.16. The Balaban J connectivity index is 1.60. The van der Waals surface area contributed by atoms with E-state index in [9.17, 15) is 4.79 Å². The van der Waals surface area contributed by atoms with Crippen LogP contribution >= 0.6 is 11.3 Å². The number of nitrogens with zero attached hydrogens (tertiary/aromatic N) is 2. The fourth-order valence-corrected chi connectivity index (χ4v) is 4.90. The van der Waals surface area contributed by atoms with Gasteiger partial charge in [0.1, 0.15) is 5.75 Å². The molecule has 31 heavy (non-hydrogen) atoms. The van der Waals surface area contributed by atoms with Crippen LogP contribution in [-0.4, -0.2) is 36.8 Å². The van der Waals surface area contributed by atoms with Gasteiger partial charge in [-0.05, 0) is 56.0 Å². The second kappa shape index (κ2) is 10.2. The van der Waals surface area contributed by atoms with Crippen LogP contribution in [0.2, 0.25) is 0 Å². The van der Waals surface area contributed by atoms with E-state index in [0.29, 0.717) is 18.7 Å². The zero-order chi connectivity index (χ0) is 21.6. The number of benzene rings is 2. The molecule has 1 unspecified atom stereocenters. The topological polar surface area (TPSA) is 51.7 Å². The first kappa shape index (κ1) is 21.8. The molecule has 1 amide bonds. The molecule has 4 rings (SSSR count). The monoisotopic (exact) mass is 438 g/mol. The number of carbonyl (C=O) groups excluding carboxylic acids is 1. The summed E-state index contributed by atoms with van der Waals surface area (Å²) in [5.41, 5.74) is 2.69. The average molecular weight is 439 g/mol. The highest BCUT2D eigenvalue weighted by molar-refractivity contribution is 7.22. The van der Waals surface area contributed by atoms with Crippen molar-refractivity contribution in [2.75, 3.05) is 24.7 Å². The molecule has 0 N–H and O–H groups in total. The van der Waals surface area contributed by atoms with E-state index in [1.807, 2.05) is 30.3 Å². The Hall–Kier alpha value is -2.44. The molecule has 1 aliphatic heterocycles. The maximum atomic E-state index is 13.6. The summed E-state index contributed by atoms with van der Waals surface area (Å²) in [6.07, 6.45) is 5.36. The largest absolute Gasteiger partial charge is 0.494 e. The van der Waals surface area contributed by atoms with E-state index < -0.39 is 0 Å². The SMILES string of the molecule is CCCCCOc1cccc(C(=O)N(CC2CCCO2)c2nc3c(C)cccc3s2)c1. The fourth-order valence-electron chi connectivity index (χ4n) is 3.85. The van der Waals surface area contributed by atoms with E-state index in [0.717, 1.165) is 65.4 Å². The molecule has 6 heteroatoms. The second-order valence-electron chi connectivity index (χ2n) is 8.05. The first-order valence-electron chi connectivity index (χ1n) is 11.2. The number of fused-ring (bicyclic) bond motifs is 1. The molecule has 1 aliphatic rings. The molecule has 0 bridgehead atoms. The number of para-hydroxylation sites is 1. The Labute approximate surface area is 188 Å². The fraction of sp³-hybridized carbons (Fsp3) is 0.440. The first-order valence-corrected chi connectivity index (χ1v) is 12.0. The van der Waals surface area contributed by atoms with Gasteiger partial charge in [-0.2, -0.15) is 0 Å². The molecule has 1 saturated heterocycles. The lowest BCUT2D eigenvalue weighted by molar-refractivity contribution is 0.0917. The second-order valence-corrected chi connectivity index (χ2v) is 9.06. The van der Waals surface area contributed by atoms with Crippen LogP contribution in [0.1, 0.15) is 54.9 Å². The van der Waals surface area contributed by atoms with E-state index in [4.69, 9.17) is 14.5 Å².